The summed E-state index contributed by atoms with van der Waals surface area (Å²) in [4.78, 5) is 14.4. The second kappa shape index (κ2) is 19.1. The van der Waals surface area contributed by atoms with Gasteiger partial charge in [-0.05, 0) is 160 Å². The van der Waals surface area contributed by atoms with Crippen LogP contribution in [-0.4, -0.2) is 9.97 Å². The first-order valence-electron chi connectivity index (χ1n) is 29.5. The van der Waals surface area contributed by atoms with E-state index in [1.54, 1.807) is 0 Å². The van der Waals surface area contributed by atoms with Crippen molar-refractivity contribution in [3.05, 3.63) is 347 Å². The molecule has 0 amide bonds. The Hall–Kier alpha value is -10.3. The maximum Gasteiger partial charge on any atom is 0.109 e. The molecule has 2 heterocycles. The molecule has 0 bridgehead atoms. The second-order valence-corrected chi connectivity index (χ2v) is 24.1. The Balaban J connectivity index is 0.997. The molecule has 0 saturated carbocycles. The molecule has 2 aromatic heterocycles. The van der Waals surface area contributed by atoms with Crippen molar-refractivity contribution < 1.29 is 0 Å². The van der Waals surface area contributed by atoms with Gasteiger partial charge in [-0.2, -0.15) is 0 Å². The van der Waals surface area contributed by atoms with Crippen LogP contribution in [0.15, 0.2) is 291 Å². The van der Waals surface area contributed by atoms with E-state index in [0.717, 1.165) is 75.6 Å². The molecule has 85 heavy (non-hydrogen) atoms. The van der Waals surface area contributed by atoms with Crippen LogP contribution < -0.4 is 0 Å². The normalized spacial score (nSPS) is 13.5. The molecule has 398 valence electrons. The van der Waals surface area contributed by atoms with Gasteiger partial charge in [-0.3, -0.25) is 0 Å². The predicted octanol–water partition coefficient (Wildman–Crippen LogP) is 21.2. The number of thiophene rings is 1. The maximum atomic E-state index is 6.12. The van der Waals surface area contributed by atoms with Crippen molar-refractivity contribution >= 4 is 54.9 Å². The largest absolute Gasteiger partial charge is 0.242 e. The predicted molar refractivity (Wildman–Crippen MR) is 356 cm³/mol. The zero-order chi connectivity index (χ0) is 56.4. The average molecular weight is 1100 g/mol. The van der Waals surface area contributed by atoms with E-state index in [9.17, 15) is 0 Å². The molecular weight excluding hydrogens is 1040 g/mol. The van der Waals surface area contributed by atoms with E-state index in [4.69, 9.17) is 9.97 Å². The first-order valence-corrected chi connectivity index (χ1v) is 30.3. The fourth-order valence-electron chi connectivity index (χ4n) is 15.0. The smallest absolute Gasteiger partial charge is 0.109 e. The summed E-state index contributed by atoms with van der Waals surface area (Å²) < 4.78 is 0. The van der Waals surface area contributed by atoms with Gasteiger partial charge in [0.05, 0.1) is 31.6 Å². The Bertz CT molecular complexity index is 4790. The highest BCUT2D eigenvalue weighted by molar-refractivity contribution is 7.20. The number of hydrogen-bond donors (Lipinski definition) is 0. The molecule has 0 spiro atoms. The Labute approximate surface area is 498 Å². The maximum absolute atomic E-state index is 6.12. The summed E-state index contributed by atoms with van der Waals surface area (Å²) in [5, 5.41) is 4.48. The van der Waals surface area contributed by atoms with Gasteiger partial charge >= 0.3 is 0 Å². The number of nitrogens with zero attached hydrogens (tertiary/aromatic N) is 2. The minimum atomic E-state index is -0.582. The van der Waals surface area contributed by atoms with E-state index in [2.05, 4.69) is 305 Å². The van der Waals surface area contributed by atoms with Crippen LogP contribution in [0.25, 0.3) is 109 Å². The van der Waals surface area contributed by atoms with Gasteiger partial charge in [0.2, 0.25) is 0 Å². The summed E-state index contributed by atoms with van der Waals surface area (Å²) in [6.45, 7) is 4.41. The number of aromatic nitrogens is 2. The number of aryl methyl sites for hydroxylation is 2. The average Bonchev–Trinajstić information content (AvgIpc) is 1.70. The quantitative estimate of drug-likeness (QED) is 0.142. The molecule has 0 radical (unpaired) electrons. The molecule has 17 rings (SSSR count). The number of fused-ring (bicyclic) bond motifs is 13. The van der Waals surface area contributed by atoms with Crippen molar-refractivity contribution in [3.63, 3.8) is 0 Å². The molecule has 0 N–H and O–H groups in total. The van der Waals surface area contributed by atoms with Gasteiger partial charge in [0, 0.05) is 10.8 Å². The zero-order valence-electron chi connectivity index (χ0n) is 47.0. The van der Waals surface area contributed by atoms with Gasteiger partial charge in [-0.15, -0.1) is 11.3 Å². The lowest BCUT2D eigenvalue weighted by Gasteiger charge is -2.34. The lowest BCUT2D eigenvalue weighted by molar-refractivity contribution is 0.769. The molecular formula is C82H54N2S. The molecule has 3 heteroatoms. The highest BCUT2D eigenvalue weighted by Gasteiger charge is 2.48. The minimum absolute atomic E-state index is 0.582. The topological polar surface area (TPSA) is 25.8 Å². The van der Waals surface area contributed by atoms with Crippen molar-refractivity contribution in [3.8, 4) is 65.4 Å². The molecule has 2 aliphatic rings. The van der Waals surface area contributed by atoms with E-state index < -0.39 is 10.8 Å². The Morgan fingerprint density at radius 1 is 0.247 bits per heavy atom. The fourth-order valence-corrected chi connectivity index (χ4v) is 16.1. The number of benzene rings is 13. The standard InChI is InChI=1S/C82H54N2S/c1-51-23-15-17-33-61(51)53-39-43-63-64-44-40-54(62-34-18-16-24-52(62)2)48-70(64)76-75(69(63)47-53)83-77-78(84-76)80(56-42-46-68-66-36-20-22-38-72(66)82(74(68)50-56,59-29-11-5-12-30-59)60-31-13-6-14-32-60)85-79(77)55-41-45-67-65-35-19-21-37-71(65)81(73(67)49-55,57-25-7-3-8-26-57)58-27-9-4-10-28-58/h3-50H,1-2H3. The fraction of sp³-hybridized carbons (Fsp3) is 0.0488. The Kier molecular flexibility index (Phi) is 11.1. The van der Waals surface area contributed by atoms with Gasteiger partial charge in [-0.1, -0.05) is 267 Å². The summed E-state index contributed by atoms with van der Waals surface area (Å²) in [6.07, 6.45) is 0. The third kappa shape index (κ3) is 7.18. The molecule has 0 unspecified atom stereocenters. The Morgan fingerprint density at radius 2 is 0.565 bits per heavy atom. The summed E-state index contributed by atoms with van der Waals surface area (Å²) in [5.74, 6) is 0. The molecule has 0 fully saturated rings. The lowest BCUT2D eigenvalue weighted by Crippen LogP contribution is -2.28. The van der Waals surface area contributed by atoms with E-state index in [1.807, 2.05) is 11.3 Å². The monoisotopic (exact) mass is 1100 g/mol. The van der Waals surface area contributed by atoms with Gasteiger partial charge < -0.3 is 0 Å². The van der Waals surface area contributed by atoms with E-state index in [0.29, 0.717) is 0 Å². The van der Waals surface area contributed by atoms with Crippen LogP contribution in [0.2, 0.25) is 0 Å². The third-order valence-corrected chi connectivity index (χ3v) is 20.0. The molecule has 0 aliphatic heterocycles. The number of rotatable bonds is 8. The summed E-state index contributed by atoms with van der Waals surface area (Å²) in [6, 6.07) is 108. The Morgan fingerprint density at radius 3 is 0.941 bits per heavy atom. The second-order valence-electron chi connectivity index (χ2n) is 23.1. The van der Waals surface area contributed by atoms with E-state index >= 15 is 0 Å². The van der Waals surface area contributed by atoms with E-state index in [-0.39, 0.29) is 0 Å². The van der Waals surface area contributed by atoms with Gasteiger partial charge in [0.25, 0.3) is 0 Å². The van der Waals surface area contributed by atoms with Gasteiger partial charge in [0.15, 0.2) is 0 Å². The first kappa shape index (κ1) is 49.3. The molecule has 2 aliphatic carbocycles. The van der Waals surface area contributed by atoms with Crippen LogP contribution in [0, 0.1) is 13.8 Å². The summed E-state index contributed by atoms with van der Waals surface area (Å²) in [5.41, 5.74) is 26.9. The van der Waals surface area contributed by atoms with Crippen LogP contribution >= 0.6 is 11.3 Å². The first-order chi connectivity index (χ1) is 42.0. The molecule has 0 atom stereocenters. The molecule has 0 saturated heterocycles. The number of hydrogen-bond acceptors (Lipinski definition) is 3. The van der Waals surface area contributed by atoms with Crippen molar-refractivity contribution in [2.24, 2.45) is 0 Å². The van der Waals surface area contributed by atoms with Crippen molar-refractivity contribution in [2.45, 2.75) is 24.7 Å². The van der Waals surface area contributed by atoms with Gasteiger partial charge in [0.1, 0.15) is 11.0 Å². The van der Waals surface area contributed by atoms with Crippen molar-refractivity contribution in [1.29, 1.82) is 0 Å². The molecule has 13 aromatic carbocycles. The molecule has 15 aromatic rings. The summed E-state index contributed by atoms with van der Waals surface area (Å²) >= 11 is 1.82. The highest BCUT2D eigenvalue weighted by Crippen LogP contribution is 2.60. The van der Waals surface area contributed by atoms with Crippen molar-refractivity contribution in [2.75, 3.05) is 0 Å². The van der Waals surface area contributed by atoms with Crippen LogP contribution in [0.3, 0.4) is 0 Å². The van der Waals surface area contributed by atoms with E-state index in [1.165, 1.54) is 89.0 Å². The summed E-state index contributed by atoms with van der Waals surface area (Å²) in [7, 11) is 0. The van der Waals surface area contributed by atoms with Crippen LogP contribution in [0.4, 0.5) is 0 Å². The van der Waals surface area contributed by atoms with Crippen LogP contribution in [0.1, 0.15) is 55.6 Å². The van der Waals surface area contributed by atoms with Crippen molar-refractivity contribution in [1.82, 2.24) is 9.97 Å². The third-order valence-electron chi connectivity index (χ3n) is 18.7. The van der Waals surface area contributed by atoms with Crippen LogP contribution in [0.5, 0.6) is 0 Å². The highest BCUT2D eigenvalue weighted by atomic mass is 32.1. The van der Waals surface area contributed by atoms with Gasteiger partial charge in [-0.25, -0.2) is 9.97 Å². The van der Waals surface area contributed by atoms with Crippen LogP contribution in [-0.2, 0) is 10.8 Å². The minimum Gasteiger partial charge on any atom is -0.242 e. The SMILES string of the molecule is Cc1ccccc1-c1ccc2c3ccc(-c4ccccc4C)cc3c3nc4c(-c5ccc6c(c5)C(c5ccccc5)(c5ccccc5)c5ccccc5-6)sc(-c5ccc6c(c5)C(c5ccccc5)(c5ccccc5)c5ccccc5-6)c4nc3c2c1. The zero-order valence-corrected chi connectivity index (χ0v) is 47.8. The molecule has 2 nitrogen and oxygen atoms in total. The lowest BCUT2D eigenvalue weighted by atomic mass is 9.67.